The Bertz CT molecular complexity index is 391. The molecule has 0 radical (unpaired) electrons. The molecule has 0 atom stereocenters. The van der Waals surface area contributed by atoms with Crippen LogP contribution >= 0.6 is 0 Å². The summed E-state index contributed by atoms with van der Waals surface area (Å²) < 4.78 is 22.6. The smallest absolute Gasteiger partial charge is 0.290 e. The Hall–Kier alpha value is -1.15. The average Bonchev–Trinajstić information content (AvgIpc) is 2.89. The lowest BCUT2D eigenvalue weighted by atomic mass is 10.4. The second-order valence-corrected chi connectivity index (χ2v) is 7.00. The summed E-state index contributed by atoms with van der Waals surface area (Å²) >= 11 is 0. The van der Waals surface area contributed by atoms with Crippen molar-refractivity contribution < 1.29 is 23.1 Å². The van der Waals surface area contributed by atoms with Gasteiger partial charge in [-0.15, -0.1) is 0 Å². The molecule has 118 valence electrons. The van der Waals surface area contributed by atoms with Crippen LogP contribution in [0.3, 0.4) is 0 Å². The van der Waals surface area contributed by atoms with Gasteiger partial charge in [0.2, 0.25) is 5.91 Å². The fourth-order valence-corrected chi connectivity index (χ4v) is 2.62. The SMILES string of the molecule is CCS(=O)(=O)CC(=O)N(C)CCN1CCCC1.O=CO. The molecule has 1 aliphatic heterocycles. The molecule has 8 heteroatoms. The molecule has 1 saturated heterocycles. The van der Waals surface area contributed by atoms with Crippen molar-refractivity contribution in [3.05, 3.63) is 0 Å². The molecule has 1 heterocycles. The van der Waals surface area contributed by atoms with Crippen LogP contribution in [-0.4, -0.2) is 80.4 Å². The second-order valence-electron chi connectivity index (χ2n) is 4.65. The lowest BCUT2D eigenvalue weighted by Crippen LogP contribution is -2.38. The highest BCUT2D eigenvalue weighted by molar-refractivity contribution is 7.92. The zero-order valence-corrected chi connectivity index (χ0v) is 12.9. The number of sulfone groups is 1. The topological polar surface area (TPSA) is 95.0 Å². The molecule has 7 nitrogen and oxygen atoms in total. The van der Waals surface area contributed by atoms with E-state index in [1.54, 1.807) is 14.0 Å². The highest BCUT2D eigenvalue weighted by Crippen LogP contribution is 2.06. The molecule has 1 N–H and O–H groups in total. The van der Waals surface area contributed by atoms with Crippen molar-refractivity contribution in [1.29, 1.82) is 0 Å². The third kappa shape index (κ3) is 8.11. The summed E-state index contributed by atoms with van der Waals surface area (Å²) in [6.45, 7) is 4.95. The molecule has 0 unspecified atom stereocenters. The first-order valence-electron chi connectivity index (χ1n) is 6.61. The highest BCUT2D eigenvalue weighted by Gasteiger charge is 2.19. The Kier molecular flexibility index (Phi) is 9.15. The zero-order valence-electron chi connectivity index (χ0n) is 12.1. The normalized spacial score (nSPS) is 15.3. The van der Waals surface area contributed by atoms with E-state index in [1.807, 2.05) is 0 Å². The minimum atomic E-state index is -3.21. The van der Waals surface area contributed by atoms with Crippen molar-refractivity contribution >= 4 is 22.2 Å². The predicted octanol–water partition coefficient (Wildman–Crippen LogP) is -0.324. The number of likely N-dealkylation sites (tertiary alicyclic amines) is 1. The molecular weight excluding hydrogens is 284 g/mol. The van der Waals surface area contributed by atoms with E-state index in [1.165, 1.54) is 17.7 Å². The fraction of sp³-hybridized carbons (Fsp3) is 0.833. The molecule has 0 spiro atoms. The van der Waals surface area contributed by atoms with Gasteiger partial charge in [0.25, 0.3) is 6.47 Å². The maximum atomic E-state index is 11.7. The van der Waals surface area contributed by atoms with E-state index in [-0.39, 0.29) is 23.9 Å². The third-order valence-electron chi connectivity index (χ3n) is 3.16. The lowest BCUT2D eigenvalue weighted by Gasteiger charge is -2.21. The molecule has 1 amide bonds. The Morgan fingerprint density at radius 3 is 2.30 bits per heavy atom. The average molecular weight is 308 g/mol. The Morgan fingerprint density at radius 2 is 1.85 bits per heavy atom. The van der Waals surface area contributed by atoms with Crippen molar-refractivity contribution in [3.8, 4) is 0 Å². The van der Waals surface area contributed by atoms with Gasteiger partial charge in [-0.3, -0.25) is 9.59 Å². The molecule has 0 aromatic carbocycles. The van der Waals surface area contributed by atoms with E-state index in [0.29, 0.717) is 6.54 Å². The quantitative estimate of drug-likeness (QED) is 0.676. The lowest BCUT2D eigenvalue weighted by molar-refractivity contribution is -0.127. The van der Waals surface area contributed by atoms with Crippen LogP contribution in [0.1, 0.15) is 19.8 Å². The Morgan fingerprint density at radius 1 is 1.35 bits per heavy atom. The number of amides is 1. The van der Waals surface area contributed by atoms with Gasteiger partial charge in [0.1, 0.15) is 5.75 Å². The van der Waals surface area contributed by atoms with Gasteiger partial charge in [0, 0.05) is 25.9 Å². The van der Waals surface area contributed by atoms with Gasteiger partial charge in [-0.05, 0) is 25.9 Å². The second kappa shape index (κ2) is 9.71. The first kappa shape index (κ1) is 18.9. The van der Waals surface area contributed by atoms with Gasteiger partial charge >= 0.3 is 0 Å². The summed E-state index contributed by atoms with van der Waals surface area (Å²) in [5.41, 5.74) is 0. The van der Waals surface area contributed by atoms with Crippen molar-refractivity contribution in [2.45, 2.75) is 19.8 Å². The molecule has 1 fully saturated rings. The van der Waals surface area contributed by atoms with E-state index < -0.39 is 9.84 Å². The number of rotatable bonds is 6. The number of hydrogen-bond donors (Lipinski definition) is 1. The van der Waals surface area contributed by atoms with Crippen LogP contribution in [0.2, 0.25) is 0 Å². The molecule has 1 rings (SSSR count). The van der Waals surface area contributed by atoms with Crippen LogP contribution in [0.15, 0.2) is 0 Å². The molecule has 1 aliphatic rings. The molecule has 20 heavy (non-hydrogen) atoms. The first-order chi connectivity index (χ1) is 9.36. The standard InChI is InChI=1S/C11H22N2O3S.CH2O2/c1-3-17(15,16)10-11(14)12(2)8-9-13-6-4-5-7-13;2-1-3/h3-10H2,1-2H3;1H,(H,2,3). The number of carbonyl (C=O) groups is 2. The van der Waals surface area contributed by atoms with Gasteiger partial charge in [-0.1, -0.05) is 6.92 Å². The largest absolute Gasteiger partial charge is 0.483 e. The third-order valence-corrected chi connectivity index (χ3v) is 4.73. The number of carbonyl (C=O) groups excluding carboxylic acids is 1. The van der Waals surface area contributed by atoms with Gasteiger partial charge in [-0.25, -0.2) is 8.42 Å². The molecular formula is C12H24N2O5S. The van der Waals surface area contributed by atoms with E-state index in [0.717, 1.165) is 19.6 Å². The molecule has 0 aromatic rings. The van der Waals surface area contributed by atoms with E-state index in [4.69, 9.17) is 9.90 Å². The van der Waals surface area contributed by atoms with Gasteiger partial charge in [-0.2, -0.15) is 0 Å². The zero-order chi connectivity index (χ0) is 15.6. The highest BCUT2D eigenvalue weighted by atomic mass is 32.2. The maximum Gasteiger partial charge on any atom is 0.290 e. The van der Waals surface area contributed by atoms with E-state index in [9.17, 15) is 13.2 Å². The monoisotopic (exact) mass is 308 g/mol. The molecule has 0 aliphatic carbocycles. The summed E-state index contributed by atoms with van der Waals surface area (Å²) in [7, 11) is -1.54. The van der Waals surface area contributed by atoms with E-state index >= 15 is 0 Å². The van der Waals surface area contributed by atoms with Gasteiger partial charge in [0.15, 0.2) is 9.84 Å². The summed E-state index contributed by atoms with van der Waals surface area (Å²) in [5.74, 6) is -0.635. The summed E-state index contributed by atoms with van der Waals surface area (Å²) in [6.07, 6.45) is 2.45. The molecule has 0 bridgehead atoms. The van der Waals surface area contributed by atoms with Crippen LogP contribution in [0.25, 0.3) is 0 Å². The molecule has 0 saturated carbocycles. The van der Waals surface area contributed by atoms with Crippen LogP contribution in [-0.2, 0) is 19.4 Å². The minimum Gasteiger partial charge on any atom is -0.483 e. The predicted molar refractivity (Wildman–Crippen MR) is 76.3 cm³/mol. The van der Waals surface area contributed by atoms with Crippen molar-refractivity contribution in [1.82, 2.24) is 9.80 Å². The first-order valence-corrected chi connectivity index (χ1v) is 8.43. The molecule has 0 aromatic heterocycles. The van der Waals surface area contributed by atoms with Crippen LogP contribution < -0.4 is 0 Å². The minimum absolute atomic E-state index is 0.0265. The Balaban J connectivity index is 0.00000110. The van der Waals surface area contributed by atoms with Gasteiger partial charge in [0.05, 0.1) is 0 Å². The van der Waals surface area contributed by atoms with Crippen LogP contribution in [0, 0.1) is 0 Å². The van der Waals surface area contributed by atoms with Crippen molar-refractivity contribution in [3.63, 3.8) is 0 Å². The van der Waals surface area contributed by atoms with Crippen LogP contribution in [0.4, 0.5) is 0 Å². The van der Waals surface area contributed by atoms with Crippen molar-refractivity contribution in [2.75, 3.05) is 44.7 Å². The fourth-order valence-electron chi connectivity index (χ4n) is 1.82. The Labute approximate surface area is 120 Å². The van der Waals surface area contributed by atoms with Crippen molar-refractivity contribution in [2.24, 2.45) is 0 Å². The summed E-state index contributed by atoms with van der Waals surface area (Å²) in [4.78, 5) is 23.8. The van der Waals surface area contributed by atoms with Gasteiger partial charge < -0.3 is 14.9 Å². The number of nitrogens with zero attached hydrogens (tertiary/aromatic N) is 2. The summed E-state index contributed by atoms with van der Waals surface area (Å²) in [6, 6.07) is 0. The number of carboxylic acid groups (broad SMARTS) is 1. The number of hydrogen-bond acceptors (Lipinski definition) is 5. The van der Waals surface area contributed by atoms with E-state index in [2.05, 4.69) is 4.90 Å². The van der Waals surface area contributed by atoms with Crippen LogP contribution in [0.5, 0.6) is 0 Å². The summed E-state index contributed by atoms with van der Waals surface area (Å²) in [5, 5.41) is 6.89. The maximum absolute atomic E-state index is 11.7. The number of likely N-dealkylation sites (N-methyl/N-ethyl adjacent to an activating group) is 1.